The van der Waals surface area contributed by atoms with E-state index in [4.69, 9.17) is 11.6 Å². The van der Waals surface area contributed by atoms with Crippen molar-refractivity contribution in [3.8, 4) is 0 Å². The maximum absolute atomic E-state index is 13.5. The van der Waals surface area contributed by atoms with Crippen molar-refractivity contribution >= 4 is 46.1 Å². The van der Waals surface area contributed by atoms with E-state index in [0.717, 1.165) is 55.0 Å². The van der Waals surface area contributed by atoms with Crippen LogP contribution in [0.25, 0.3) is 0 Å². The maximum atomic E-state index is 13.5. The average molecular weight is 598 g/mol. The third kappa shape index (κ3) is 7.67. The molecule has 2 fully saturated rings. The van der Waals surface area contributed by atoms with E-state index in [1.807, 2.05) is 42.9 Å². The Morgan fingerprint density at radius 1 is 1.15 bits per heavy atom. The number of nitrogens with one attached hydrogen (secondary N) is 3. The third-order valence-corrected chi connectivity index (χ3v) is 9.77. The molecule has 0 aromatic carbocycles. The molecule has 11 heteroatoms. The first-order chi connectivity index (χ1) is 19.7. The van der Waals surface area contributed by atoms with Crippen LogP contribution >= 0.6 is 22.9 Å². The molecule has 3 aromatic heterocycles. The van der Waals surface area contributed by atoms with Crippen molar-refractivity contribution in [1.82, 2.24) is 25.0 Å². The van der Waals surface area contributed by atoms with Gasteiger partial charge < -0.3 is 20.9 Å². The minimum Gasteiger partial charge on any atom is -0.376 e. The van der Waals surface area contributed by atoms with Crippen LogP contribution in [0.2, 0.25) is 5.02 Å². The molecule has 220 valence electrons. The van der Waals surface area contributed by atoms with Crippen LogP contribution < -0.4 is 16.0 Å². The van der Waals surface area contributed by atoms with Crippen LogP contribution in [-0.2, 0) is 4.79 Å². The topological polar surface area (TPSA) is 104 Å². The van der Waals surface area contributed by atoms with Crippen LogP contribution in [0.3, 0.4) is 0 Å². The number of likely N-dealkylation sites (tertiary alicyclic amines) is 1. The minimum absolute atomic E-state index is 0.0424. The van der Waals surface area contributed by atoms with E-state index < -0.39 is 6.04 Å². The Bertz CT molecular complexity index is 1340. The van der Waals surface area contributed by atoms with Gasteiger partial charge in [-0.1, -0.05) is 37.3 Å². The van der Waals surface area contributed by atoms with E-state index in [0.29, 0.717) is 34.0 Å². The lowest BCUT2D eigenvalue weighted by Gasteiger charge is -2.28. The van der Waals surface area contributed by atoms with Crippen LogP contribution in [0.4, 0.5) is 11.4 Å². The van der Waals surface area contributed by atoms with Gasteiger partial charge in [-0.15, -0.1) is 11.3 Å². The zero-order valence-electron chi connectivity index (χ0n) is 24.0. The number of halogens is 1. The number of hydrogen-bond donors (Lipinski definition) is 3. The Labute approximate surface area is 251 Å². The summed E-state index contributed by atoms with van der Waals surface area (Å²) in [5, 5.41) is 14.6. The van der Waals surface area contributed by atoms with Crippen molar-refractivity contribution in [3.63, 3.8) is 0 Å². The van der Waals surface area contributed by atoms with Crippen molar-refractivity contribution in [1.29, 1.82) is 0 Å². The quantitative estimate of drug-likeness (QED) is 0.262. The second-order valence-corrected chi connectivity index (χ2v) is 13.1. The number of hydrogen-bond acceptors (Lipinski definition) is 7. The molecular weight excluding hydrogens is 558 g/mol. The predicted molar refractivity (Wildman–Crippen MR) is 165 cm³/mol. The summed E-state index contributed by atoms with van der Waals surface area (Å²) in [4.78, 5) is 35.1. The summed E-state index contributed by atoms with van der Waals surface area (Å²) >= 11 is 7.55. The summed E-state index contributed by atoms with van der Waals surface area (Å²) in [6.07, 6.45) is 12.5. The van der Waals surface area contributed by atoms with Gasteiger partial charge in [-0.05, 0) is 77.4 Å². The summed E-state index contributed by atoms with van der Waals surface area (Å²) in [6.45, 7) is 6.04. The van der Waals surface area contributed by atoms with Gasteiger partial charge in [-0.3, -0.25) is 19.3 Å². The number of aromatic nitrogens is 3. The van der Waals surface area contributed by atoms with Crippen LogP contribution in [0.5, 0.6) is 0 Å². The highest BCUT2D eigenvalue weighted by Gasteiger charge is 2.28. The largest absolute Gasteiger partial charge is 0.376 e. The zero-order chi connectivity index (χ0) is 28.9. The van der Waals surface area contributed by atoms with Gasteiger partial charge >= 0.3 is 0 Å². The normalized spacial score (nSPS) is 18.2. The molecule has 5 rings (SSSR count). The Balaban J connectivity index is 1.23. The monoisotopic (exact) mass is 597 g/mol. The SMILES string of the molecule is Cc1ncc(Cl)cc1N[C@@H](C)c1ccc(C(=O)N[C@@H](CC2CCCC2)C(=O)Nc2cnn(C3CCN(C)CC3)c2)s1. The molecule has 0 spiro atoms. The van der Waals surface area contributed by atoms with Gasteiger partial charge in [0.2, 0.25) is 5.91 Å². The fourth-order valence-electron chi connectivity index (χ4n) is 5.80. The molecule has 9 nitrogen and oxygen atoms in total. The Kier molecular flexibility index (Phi) is 9.62. The number of carbonyl (C=O) groups is 2. The summed E-state index contributed by atoms with van der Waals surface area (Å²) in [5.74, 6) is 0.0174. The Hall–Kier alpha value is -2.95. The number of nitrogens with zero attached hydrogens (tertiary/aromatic N) is 4. The standard InChI is InChI=1S/C30H40ClN7O2S/c1-19-25(15-22(31)16-32-19)34-20(2)27-8-9-28(41-27)30(40)36-26(14-21-6-4-5-7-21)29(39)35-23-17-33-38(18-23)24-10-12-37(3)13-11-24/h8-9,15-18,20-21,24,26,34H,4-7,10-14H2,1-3H3,(H,35,39)(H,36,40)/t20-,26-/m0/s1. The van der Waals surface area contributed by atoms with E-state index >= 15 is 0 Å². The lowest BCUT2D eigenvalue weighted by molar-refractivity contribution is -0.118. The van der Waals surface area contributed by atoms with Crippen LogP contribution in [0, 0.1) is 12.8 Å². The second kappa shape index (κ2) is 13.4. The van der Waals surface area contributed by atoms with Crippen LogP contribution in [-0.4, -0.2) is 57.7 Å². The van der Waals surface area contributed by atoms with Crippen molar-refractivity contribution in [2.75, 3.05) is 30.8 Å². The van der Waals surface area contributed by atoms with E-state index in [9.17, 15) is 9.59 Å². The van der Waals surface area contributed by atoms with Gasteiger partial charge in [-0.25, -0.2) is 0 Å². The number of thiophene rings is 1. The third-order valence-electron chi connectivity index (χ3n) is 8.30. The molecule has 1 aliphatic carbocycles. The lowest BCUT2D eigenvalue weighted by Crippen LogP contribution is -2.44. The minimum atomic E-state index is -0.612. The van der Waals surface area contributed by atoms with E-state index in [1.165, 1.54) is 24.2 Å². The molecule has 0 unspecified atom stereocenters. The molecule has 41 heavy (non-hydrogen) atoms. The number of aryl methyl sites for hydroxylation is 1. The fourth-order valence-corrected chi connectivity index (χ4v) is 6.87. The van der Waals surface area contributed by atoms with Gasteiger partial charge in [0, 0.05) is 17.3 Å². The number of rotatable bonds is 10. The predicted octanol–water partition coefficient (Wildman–Crippen LogP) is 6.06. The number of pyridine rings is 1. The average Bonchev–Trinajstić information content (AvgIpc) is 3.73. The molecule has 0 bridgehead atoms. The highest BCUT2D eigenvalue weighted by molar-refractivity contribution is 7.14. The summed E-state index contributed by atoms with van der Waals surface area (Å²) in [7, 11) is 2.14. The van der Waals surface area contributed by atoms with E-state index in [1.54, 1.807) is 12.4 Å². The lowest BCUT2D eigenvalue weighted by atomic mass is 9.97. The zero-order valence-corrected chi connectivity index (χ0v) is 25.6. The Morgan fingerprint density at radius 3 is 2.66 bits per heavy atom. The first kappa shape index (κ1) is 29.5. The molecule has 2 amide bonds. The number of anilines is 2. The number of amides is 2. The molecule has 3 aromatic rings. The van der Waals surface area contributed by atoms with Crippen LogP contribution in [0.15, 0.2) is 36.8 Å². The summed E-state index contributed by atoms with van der Waals surface area (Å²) < 4.78 is 1.97. The molecule has 2 aliphatic rings. The summed E-state index contributed by atoms with van der Waals surface area (Å²) in [6, 6.07) is 5.32. The van der Waals surface area contributed by atoms with Gasteiger partial charge in [-0.2, -0.15) is 5.10 Å². The molecule has 4 heterocycles. The van der Waals surface area contributed by atoms with Crippen molar-refractivity contribution in [2.45, 2.75) is 76.9 Å². The molecule has 0 radical (unpaired) electrons. The van der Waals surface area contributed by atoms with Crippen molar-refractivity contribution in [3.05, 3.63) is 57.3 Å². The van der Waals surface area contributed by atoms with Crippen molar-refractivity contribution < 1.29 is 9.59 Å². The highest BCUT2D eigenvalue weighted by Crippen LogP contribution is 2.31. The number of piperidine rings is 1. The van der Waals surface area contributed by atoms with Gasteiger partial charge in [0.1, 0.15) is 6.04 Å². The van der Waals surface area contributed by atoms with Gasteiger partial charge in [0.15, 0.2) is 0 Å². The molecule has 3 N–H and O–H groups in total. The Morgan fingerprint density at radius 2 is 1.90 bits per heavy atom. The van der Waals surface area contributed by atoms with E-state index in [2.05, 4.69) is 38.0 Å². The van der Waals surface area contributed by atoms with Crippen LogP contribution in [0.1, 0.15) is 84.2 Å². The molecule has 1 saturated carbocycles. The molecule has 2 atom stereocenters. The van der Waals surface area contributed by atoms with Gasteiger partial charge in [0.05, 0.1) is 45.2 Å². The maximum Gasteiger partial charge on any atom is 0.262 e. The number of carbonyl (C=O) groups excluding carboxylic acids is 2. The highest BCUT2D eigenvalue weighted by atomic mass is 35.5. The summed E-state index contributed by atoms with van der Waals surface area (Å²) in [5.41, 5.74) is 2.38. The van der Waals surface area contributed by atoms with Gasteiger partial charge in [0.25, 0.3) is 5.91 Å². The first-order valence-corrected chi connectivity index (χ1v) is 15.8. The van der Waals surface area contributed by atoms with E-state index in [-0.39, 0.29) is 17.9 Å². The second-order valence-electron chi connectivity index (χ2n) is 11.5. The fraction of sp³-hybridized carbons (Fsp3) is 0.533. The smallest absolute Gasteiger partial charge is 0.262 e. The molecule has 1 aliphatic heterocycles. The first-order valence-electron chi connectivity index (χ1n) is 14.6. The molecular formula is C30H40ClN7O2S. The molecule has 1 saturated heterocycles. The van der Waals surface area contributed by atoms with Crippen molar-refractivity contribution in [2.24, 2.45) is 5.92 Å².